The average molecular weight is 457 g/mol. The summed E-state index contributed by atoms with van der Waals surface area (Å²) in [6, 6.07) is 4.30. The summed E-state index contributed by atoms with van der Waals surface area (Å²) in [5.41, 5.74) is 3.97. The largest absolute Gasteiger partial charge is 0.483 e. The van der Waals surface area contributed by atoms with E-state index in [0.29, 0.717) is 43.5 Å². The van der Waals surface area contributed by atoms with Crippen molar-refractivity contribution in [2.45, 2.75) is 51.6 Å². The van der Waals surface area contributed by atoms with Gasteiger partial charge in [0.15, 0.2) is 9.84 Å². The monoisotopic (exact) mass is 456 g/mol. The first-order chi connectivity index (χ1) is 15.3. The summed E-state index contributed by atoms with van der Waals surface area (Å²) in [6.45, 7) is 4.84. The fourth-order valence-electron chi connectivity index (χ4n) is 4.96. The van der Waals surface area contributed by atoms with Gasteiger partial charge in [-0.05, 0) is 49.8 Å². The topological polar surface area (TPSA) is 101 Å². The van der Waals surface area contributed by atoms with Crippen LogP contribution < -0.4 is 15.0 Å². The van der Waals surface area contributed by atoms with Crippen molar-refractivity contribution in [1.82, 2.24) is 9.97 Å². The number of nitrogens with zero attached hydrogens (tertiary/aromatic N) is 3. The summed E-state index contributed by atoms with van der Waals surface area (Å²) in [4.78, 5) is 22.7. The number of aromatic nitrogens is 2. The van der Waals surface area contributed by atoms with Gasteiger partial charge in [-0.2, -0.15) is 0 Å². The molecule has 1 aromatic carbocycles. The summed E-state index contributed by atoms with van der Waals surface area (Å²) in [5.74, 6) is 3.17. The molecule has 1 aliphatic carbocycles. The van der Waals surface area contributed by atoms with E-state index in [9.17, 15) is 13.2 Å². The van der Waals surface area contributed by atoms with Gasteiger partial charge in [0.25, 0.3) is 0 Å². The van der Waals surface area contributed by atoms with Gasteiger partial charge in [0, 0.05) is 25.9 Å². The number of ether oxygens (including phenoxy) is 1. The zero-order chi connectivity index (χ0) is 22.5. The van der Waals surface area contributed by atoms with Crippen LogP contribution in [-0.4, -0.2) is 48.8 Å². The Morgan fingerprint density at radius 2 is 1.84 bits per heavy atom. The minimum atomic E-state index is -2.99. The molecule has 1 aromatic heterocycles. The number of aryl methyl sites for hydroxylation is 1. The first-order valence-electron chi connectivity index (χ1n) is 11.2. The van der Waals surface area contributed by atoms with E-state index in [1.165, 1.54) is 11.9 Å². The zero-order valence-electron chi connectivity index (χ0n) is 18.4. The van der Waals surface area contributed by atoms with Crippen molar-refractivity contribution in [3.8, 4) is 5.75 Å². The number of nitrogens with one attached hydrogen (secondary N) is 1. The smallest absolute Gasteiger partial charge is 0.153 e. The molecule has 0 spiro atoms. The molecule has 3 heterocycles. The lowest BCUT2D eigenvalue weighted by molar-refractivity contribution is -0.120. The van der Waals surface area contributed by atoms with Crippen LogP contribution in [-0.2, 0) is 14.6 Å². The molecule has 3 aliphatic rings. The molecule has 1 N–H and O–H groups in total. The Balaban J connectivity index is 1.49. The number of carbonyl (C=O) groups excluding carboxylic acids is 1. The summed E-state index contributed by atoms with van der Waals surface area (Å²) in [7, 11) is -2.99. The Bertz CT molecular complexity index is 1160. The molecule has 1 atom stereocenters. The van der Waals surface area contributed by atoms with E-state index in [4.69, 9.17) is 4.74 Å². The minimum Gasteiger partial charge on any atom is -0.483 e. The van der Waals surface area contributed by atoms with E-state index >= 15 is 0 Å². The molecule has 5 rings (SSSR count). The molecule has 0 radical (unpaired) electrons. The van der Waals surface area contributed by atoms with Crippen LogP contribution in [0.25, 0.3) is 0 Å². The van der Waals surface area contributed by atoms with Crippen LogP contribution in [0.2, 0.25) is 0 Å². The molecule has 0 bridgehead atoms. The van der Waals surface area contributed by atoms with Crippen molar-refractivity contribution in [1.29, 1.82) is 0 Å². The number of hydrogen-bond donors (Lipinski definition) is 1. The second-order valence-corrected chi connectivity index (χ2v) is 11.3. The van der Waals surface area contributed by atoms with E-state index in [1.54, 1.807) is 0 Å². The molecule has 170 valence electrons. The zero-order valence-corrected chi connectivity index (χ0v) is 19.2. The van der Waals surface area contributed by atoms with E-state index in [-0.39, 0.29) is 17.6 Å². The number of anilines is 3. The molecule has 1 saturated carbocycles. The molecule has 2 aromatic rings. The van der Waals surface area contributed by atoms with Crippen LogP contribution in [0.1, 0.15) is 61.3 Å². The van der Waals surface area contributed by atoms with Gasteiger partial charge in [-0.15, -0.1) is 0 Å². The molecular formula is C23H28N4O4S. The van der Waals surface area contributed by atoms with E-state index in [2.05, 4.69) is 27.4 Å². The molecular weight excluding hydrogens is 428 g/mol. The van der Waals surface area contributed by atoms with Crippen molar-refractivity contribution < 1.29 is 17.9 Å². The summed E-state index contributed by atoms with van der Waals surface area (Å²) < 4.78 is 30.2. The molecule has 0 amide bonds. The Hall–Kier alpha value is -2.68. The summed E-state index contributed by atoms with van der Waals surface area (Å²) >= 11 is 0. The number of fused-ring (bicyclic) bond motifs is 2. The third-order valence-corrected chi connectivity index (χ3v) is 8.38. The number of rotatable bonds is 2. The van der Waals surface area contributed by atoms with Crippen LogP contribution in [0, 0.1) is 6.92 Å². The molecule has 0 unspecified atom stereocenters. The van der Waals surface area contributed by atoms with Gasteiger partial charge in [0.2, 0.25) is 0 Å². The molecule has 9 heteroatoms. The van der Waals surface area contributed by atoms with Crippen molar-refractivity contribution in [2.24, 2.45) is 0 Å². The highest BCUT2D eigenvalue weighted by atomic mass is 32.2. The van der Waals surface area contributed by atoms with Crippen molar-refractivity contribution in [3.05, 3.63) is 35.2 Å². The van der Waals surface area contributed by atoms with Crippen molar-refractivity contribution in [2.75, 3.05) is 34.8 Å². The van der Waals surface area contributed by atoms with Gasteiger partial charge < -0.3 is 15.0 Å². The third kappa shape index (κ3) is 3.94. The molecule has 32 heavy (non-hydrogen) atoms. The van der Waals surface area contributed by atoms with Gasteiger partial charge in [0.05, 0.1) is 22.8 Å². The second kappa shape index (κ2) is 8.03. The van der Waals surface area contributed by atoms with E-state index in [0.717, 1.165) is 41.2 Å². The first-order valence-corrected chi connectivity index (χ1v) is 13.0. The predicted molar refractivity (Wildman–Crippen MR) is 123 cm³/mol. The van der Waals surface area contributed by atoms with Crippen LogP contribution in [0.5, 0.6) is 5.75 Å². The number of ketones is 1. The van der Waals surface area contributed by atoms with Crippen LogP contribution in [0.15, 0.2) is 18.5 Å². The van der Waals surface area contributed by atoms with Gasteiger partial charge in [-0.3, -0.25) is 4.79 Å². The highest BCUT2D eigenvalue weighted by Crippen LogP contribution is 2.45. The Labute approximate surface area is 188 Å². The number of hydrogen-bond acceptors (Lipinski definition) is 8. The van der Waals surface area contributed by atoms with E-state index < -0.39 is 9.84 Å². The highest BCUT2D eigenvalue weighted by molar-refractivity contribution is 7.91. The van der Waals surface area contributed by atoms with Crippen LogP contribution in [0.4, 0.5) is 17.3 Å². The van der Waals surface area contributed by atoms with Crippen LogP contribution in [0.3, 0.4) is 0 Å². The maximum atomic E-state index is 11.9. The Morgan fingerprint density at radius 3 is 2.56 bits per heavy atom. The normalized spacial score (nSPS) is 22.9. The van der Waals surface area contributed by atoms with Crippen molar-refractivity contribution in [3.63, 3.8) is 0 Å². The van der Waals surface area contributed by atoms with Crippen LogP contribution >= 0.6 is 0 Å². The maximum Gasteiger partial charge on any atom is 0.153 e. The standard InChI is InChI=1S/C23H28N4O4S/c1-14-11-17(16-3-5-18(28)6-4-16)12-19-21(14)31-15(2)20-22(26-19)24-13-25-23(20)27-7-9-32(29,30)10-8-27/h11-13,15-16H,3-10H2,1-2H3,(H,24,25,26)/t15-/m1/s1. The minimum absolute atomic E-state index is 0.126. The fraction of sp³-hybridized carbons (Fsp3) is 0.522. The number of sulfone groups is 1. The van der Waals surface area contributed by atoms with E-state index in [1.807, 2.05) is 18.7 Å². The highest BCUT2D eigenvalue weighted by Gasteiger charge is 2.31. The molecule has 8 nitrogen and oxygen atoms in total. The third-order valence-electron chi connectivity index (χ3n) is 6.77. The lowest BCUT2D eigenvalue weighted by Gasteiger charge is -2.30. The first kappa shape index (κ1) is 21.2. The Kier molecular flexibility index (Phi) is 5.31. The van der Waals surface area contributed by atoms with Gasteiger partial charge in [-0.25, -0.2) is 18.4 Å². The number of carbonyl (C=O) groups is 1. The molecule has 2 fully saturated rings. The molecule has 2 aliphatic heterocycles. The lowest BCUT2D eigenvalue weighted by Crippen LogP contribution is -2.41. The van der Waals surface area contributed by atoms with Gasteiger partial charge in [-0.1, -0.05) is 6.07 Å². The molecule has 1 saturated heterocycles. The van der Waals surface area contributed by atoms with Gasteiger partial charge in [0.1, 0.15) is 35.6 Å². The van der Waals surface area contributed by atoms with Gasteiger partial charge >= 0.3 is 0 Å². The Morgan fingerprint density at radius 1 is 1.12 bits per heavy atom. The predicted octanol–water partition coefficient (Wildman–Crippen LogP) is 3.44. The lowest BCUT2D eigenvalue weighted by atomic mass is 9.83. The quantitative estimate of drug-likeness (QED) is 0.733. The SMILES string of the molecule is Cc1cc(C2CCC(=O)CC2)cc2c1O[C@H](C)c1c(ncnc1N1CCS(=O)(=O)CC1)N2. The van der Waals surface area contributed by atoms with Crippen molar-refractivity contribution >= 4 is 32.9 Å². The maximum absolute atomic E-state index is 11.9. The fourth-order valence-corrected chi connectivity index (χ4v) is 6.16. The average Bonchev–Trinajstić information content (AvgIpc) is 2.90. The number of benzene rings is 1. The number of Topliss-reactive ketones (excluding diaryl/α,β-unsaturated/α-hetero) is 1. The summed E-state index contributed by atoms with van der Waals surface area (Å²) in [5, 5.41) is 3.47. The second-order valence-electron chi connectivity index (χ2n) is 9.01. The summed E-state index contributed by atoms with van der Waals surface area (Å²) in [6.07, 6.45) is 4.28.